The van der Waals surface area contributed by atoms with Crippen molar-refractivity contribution in [1.82, 2.24) is 15.0 Å². The number of halogens is 3. The summed E-state index contributed by atoms with van der Waals surface area (Å²) in [6, 6.07) is 11.0. The molecule has 1 aliphatic rings. The zero-order chi connectivity index (χ0) is 20.4. The minimum absolute atomic E-state index is 0.0428. The number of carbonyl (C=O) groups is 1. The predicted octanol–water partition coefficient (Wildman–Crippen LogP) is 5.59. The standard InChI is InChI=1S/C20H17Cl2FN4O2/c21-14-5-1-3-12(9-14)18-25-19(29-26-18)13-4-2-8-27(11-13)20(28)24-15-6-7-17(23)16(22)10-15/h1,3,5-7,9-10,13H,2,4,8,11H2,(H,24,28). The van der Waals surface area contributed by atoms with Crippen molar-refractivity contribution in [3.05, 3.63) is 64.2 Å². The predicted molar refractivity (Wildman–Crippen MR) is 109 cm³/mol. The van der Waals surface area contributed by atoms with Crippen molar-refractivity contribution in [3.8, 4) is 11.4 Å². The molecule has 150 valence electrons. The molecule has 0 bridgehead atoms. The number of rotatable bonds is 3. The van der Waals surface area contributed by atoms with Gasteiger partial charge in [0.05, 0.1) is 10.9 Å². The fourth-order valence-electron chi connectivity index (χ4n) is 3.29. The summed E-state index contributed by atoms with van der Waals surface area (Å²) in [5, 5.41) is 7.34. The molecule has 29 heavy (non-hydrogen) atoms. The number of likely N-dealkylation sites (tertiary alicyclic amines) is 1. The first-order chi connectivity index (χ1) is 14.0. The second kappa shape index (κ2) is 8.39. The summed E-state index contributed by atoms with van der Waals surface area (Å²) in [6.07, 6.45) is 1.64. The van der Waals surface area contributed by atoms with Crippen LogP contribution < -0.4 is 5.32 Å². The summed E-state index contributed by atoms with van der Waals surface area (Å²) in [5.41, 5.74) is 1.20. The molecule has 1 unspecified atom stereocenters. The smallest absolute Gasteiger partial charge is 0.321 e. The van der Waals surface area contributed by atoms with E-state index < -0.39 is 5.82 Å². The van der Waals surface area contributed by atoms with Crippen LogP contribution in [0.25, 0.3) is 11.4 Å². The van der Waals surface area contributed by atoms with Gasteiger partial charge in [-0.25, -0.2) is 9.18 Å². The molecule has 6 nitrogen and oxygen atoms in total. The van der Waals surface area contributed by atoms with Gasteiger partial charge < -0.3 is 14.7 Å². The molecule has 1 aromatic heterocycles. The Labute approximate surface area is 176 Å². The van der Waals surface area contributed by atoms with Crippen LogP contribution in [0.5, 0.6) is 0 Å². The lowest BCUT2D eigenvalue weighted by atomic mass is 9.98. The van der Waals surface area contributed by atoms with Crippen molar-refractivity contribution in [2.24, 2.45) is 0 Å². The molecule has 0 saturated carbocycles. The first-order valence-electron chi connectivity index (χ1n) is 9.10. The third-order valence-electron chi connectivity index (χ3n) is 4.75. The van der Waals surface area contributed by atoms with Gasteiger partial charge in [0.2, 0.25) is 11.7 Å². The number of amides is 2. The highest BCUT2D eigenvalue weighted by Gasteiger charge is 2.29. The van der Waals surface area contributed by atoms with Crippen molar-refractivity contribution < 1.29 is 13.7 Å². The van der Waals surface area contributed by atoms with Gasteiger partial charge in [-0.05, 0) is 43.2 Å². The molecule has 4 rings (SSSR count). The summed E-state index contributed by atoms with van der Waals surface area (Å²) >= 11 is 11.8. The Bertz CT molecular complexity index is 1040. The lowest BCUT2D eigenvalue weighted by molar-refractivity contribution is 0.184. The molecule has 0 radical (unpaired) electrons. The molecule has 3 aromatic rings. The van der Waals surface area contributed by atoms with Gasteiger partial charge in [-0.2, -0.15) is 4.98 Å². The van der Waals surface area contributed by atoms with E-state index in [1.807, 2.05) is 12.1 Å². The Morgan fingerprint density at radius 2 is 2.10 bits per heavy atom. The van der Waals surface area contributed by atoms with Gasteiger partial charge in [-0.3, -0.25) is 0 Å². The quantitative estimate of drug-likeness (QED) is 0.582. The number of hydrogen-bond acceptors (Lipinski definition) is 4. The van der Waals surface area contributed by atoms with E-state index in [9.17, 15) is 9.18 Å². The second-order valence-corrected chi connectivity index (χ2v) is 7.65. The Balaban J connectivity index is 1.44. The molecule has 1 saturated heterocycles. The summed E-state index contributed by atoms with van der Waals surface area (Å²) in [6.45, 7) is 1.05. The molecule has 2 aromatic carbocycles. The minimum atomic E-state index is -0.533. The fraction of sp³-hybridized carbons (Fsp3) is 0.250. The van der Waals surface area contributed by atoms with Crippen molar-refractivity contribution in [2.75, 3.05) is 18.4 Å². The van der Waals surface area contributed by atoms with Crippen molar-refractivity contribution >= 4 is 34.9 Å². The van der Waals surface area contributed by atoms with E-state index in [0.717, 1.165) is 18.4 Å². The summed E-state index contributed by atoms with van der Waals surface area (Å²) < 4.78 is 18.7. The number of urea groups is 1. The zero-order valence-electron chi connectivity index (χ0n) is 15.2. The summed E-state index contributed by atoms with van der Waals surface area (Å²) in [7, 11) is 0. The van der Waals surface area contributed by atoms with Crippen LogP contribution in [0.1, 0.15) is 24.7 Å². The normalized spacial score (nSPS) is 16.7. The van der Waals surface area contributed by atoms with E-state index in [0.29, 0.717) is 35.5 Å². The maximum Gasteiger partial charge on any atom is 0.321 e. The first-order valence-corrected chi connectivity index (χ1v) is 9.86. The van der Waals surface area contributed by atoms with Crippen LogP contribution in [0.15, 0.2) is 47.0 Å². The van der Waals surface area contributed by atoms with Gasteiger partial charge in [-0.1, -0.05) is 40.5 Å². The monoisotopic (exact) mass is 434 g/mol. The molecule has 2 amide bonds. The maximum atomic E-state index is 13.3. The number of piperidine rings is 1. The van der Waals surface area contributed by atoms with Crippen LogP contribution in [0.3, 0.4) is 0 Å². The van der Waals surface area contributed by atoms with E-state index in [4.69, 9.17) is 27.7 Å². The third kappa shape index (κ3) is 4.52. The molecule has 1 aliphatic heterocycles. The lowest BCUT2D eigenvalue weighted by Crippen LogP contribution is -2.41. The molecular formula is C20H17Cl2FN4O2. The van der Waals surface area contributed by atoms with Crippen LogP contribution in [0.2, 0.25) is 10.0 Å². The van der Waals surface area contributed by atoms with Crippen LogP contribution >= 0.6 is 23.2 Å². The van der Waals surface area contributed by atoms with E-state index >= 15 is 0 Å². The molecule has 9 heteroatoms. The highest BCUT2D eigenvalue weighted by molar-refractivity contribution is 6.31. The van der Waals surface area contributed by atoms with Gasteiger partial charge in [0.15, 0.2) is 0 Å². The number of benzene rings is 2. The third-order valence-corrected chi connectivity index (χ3v) is 5.28. The second-order valence-electron chi connectivity index (χ2n) is 6.81. The molecule has 0 spiro atoms. The SMILES string of the molecule is O=C(Nc1ccc(F)c(Cl)c1)N1CCCC(c2nc(-c3cccc(Cl)c3)no2)C1. The van der Waals surface area contributed by atoms with Gasteiger partial charge in [0.1, 0.15) is 5.82 Å². The van der Waals surface area contributed by atoms with Crippen molar-refractivity contribution in [3.63, 3.8) is 0 Å². The van der Waals surface area contributed by atoms with Crippen LogP contribution in [-0.2, 0) is 0 Å². The van der Waals surface area contributed by atoms with E-state index in [2.05, 4.69) is 15.5 Å². The van der Waals surface area contributed by atoms with E-state index in [1.165, 1.54) is 18.2 Å². The Kier molecular flexibility index (Phi) is 5.69. The van der Waals surface area contributed by atoms with Crippen molar-refractivity contribution in [2.45, 2.75) is 18.8 Å². The number of aromatic nitrogens is 2. The number of hydrogen-bond donors (Lipinski definition) is 1. The zero-order valence-corrected chi connectivity index (χ0v) is 16.8. The van der Waals surface area contributed by atoms with Crippen LogP contribution in [0, 0.1) is 5.82 Å². The molecule has 1 fully saturated rings. The van der Waals surface area contributed by atoms with Crippen molar-refractivity contribution in [1.29, 1.82) is 0 Å². The molecule has 1 atom stereocenters. The van der Waals surface area contributed by atoms with Gasteiger partial charge in [0.25, 0.3) is 0 Å². The lowest BCUT2D eigenvalue weighted by Gasteiger charge is -2.31. The van der Waals surface area contributed by atoms with Gasteiger partial charge in [-0.15, -0.1) is 0 Å². The van der Waals surface area contributed by atoms with Gasteiger partial charge >= 0.3 is 6.03 Å². The highest BCUT2D eigenvalue weighted by atomic mass is 35.5. The summed E-state index contributed by atoms with van der Waals surface area (Å²) in [4.78, 5) is 18.8. The highest BCUT2D eigenvalue weighted by Crippen LogP contribution is 2.29. The Hall–Kier alpha value is -2.64. The maximum absolute atomic E-state index is 13.3. The number of nitrogens with zero attached hydrogens (tertiary/aromatic N) is 3. The molecular weight excluding hydrogens is 418 g/mol. The number of anilines is 1. The minimum Gasteiger partial charge on any atom is -0.339 e. The number of nitrogens with one attached hydrogen (secondary N) is 1. The molecule has 0 aliphatic carbocycles. The average molecular weight is 435 g/mol. The molecule has 2 heterocycles. The fourth-order valence-corrected chi connectivity index (χ4v) is 3.66. The van der Waals surface area contributed by atoms with Crippen LogP contribution in [0.4, 0.5) is 14.9 Å². The molecule has 1 N–H and O–H groups in total. The van der Waals surface area contributed by atoms with Gasteiger partial charge in [0, 0.05) is 29.4 Å². The average Bonchev–Trinajstić information content (AvgIpc) is 3.21. The Morgan fingerprint density at radius 1 is 1.24 bits per heavy atom. The van der Waals surface area contributed by atoms with E-state index in [1.54, 1.807) is 17.0 Å². The first kappa shape index (κ1) is 19.7. The topological polar surface area (TPSA) is 71.3 Å². The Morgan fingerprint density at radius 3 is 2.90 bits per heavy atom. The number of carbonyl (C=O) groups excluding carboxylic acids is 1. The van der Waals surface area contributed by atoms with E-state index in [-0.39, 0.29) is 17.0 Å². The van der Waals surface area contributed by atoms with Crippen LogP contribution in [-0.4, -0.2) is 34.2 Å². The summed E-state index contributed by atoms with van der Waals surface area (Å²) in [5.74, 6) is 0.355. The largest absolute Gasteiger partial charge is 0.339 e.